The summed E-state index contributed by atoms with van der Waals surface area (Å²) < 4.78 is 10.7. The third kappa shape index (κ3) is 7.88. The first-order valence-corrected chi connectivity index (χ1v) is 7.03. The number of alkyl carbamates (subject to hydrolysis) is 1. The van der Waals surface area contributed by atoms with Gasteiger partial charge in [-0.25, -0.2) is 4.79 Å². The van der Waals surface area contributed by atoms with E-state index in [9.17, 15) is 4.79 Å². The van der Waals surface area contributed by atoms with Crippen LogP contribution in [0.15, 0.2) is 24.3 Å². The SMILES string of the molecule is CC#Cc1ccc(OCCCNC(=O)OC(C)(C)C)cc1. The van der Waals surface area contributed by atoms with Crippen LogP contribution >= 0.6 is 0 Å². The first-order valence-electron chi connectivity index (χ1n) is 7.03. The maximum absolute atomic E-state index is 11.4. The Balaban J connectivity index is 2.19. The molecule has 1 N–H and O–H groups in total. The number of carbonyl (C=O) groups is 1. The Hall–Kier alpha value is -2.15. The van der Waals surface area contributed by atoms with Gasteiger partial charge in [-0.05, 0) is 58.4 Å². The van der Waals surface area contributed by atoms with Crippen molar-refractivity contribution < 1.29 is 14.3 Å². The van der Waals surface area contributed by atoms with Crippen LogP contribution in [-0.2, 0) is 4.74 Å². The molecular weight excluding hydrogens is 266 g/mol. The standard InChI is InChI=1S/C17H23NO3/c1-5-7-14-8-10-15(11-9-14)20-13-6-12-18-16(19)21-17(2,3)4/h8-11H,6,12-13H2,1-4H3,(H,18,19). The van der Waals surface area contributed by atoms with E-state index >= 15 is 0 Å². The van der Waals surface area contributed by atoms with Crippen molar-refractivity contribution in [1.29, 1.82) is 0 Å². The van der Waals surface area contributed by atoms with Gasteiger partial charge in [0, 0.05) is 12.1 Å². The van der Waals surface area contributed by atoms with Crippen LogP contribution in [0, 0.1) is 11.8 Å². The maximum Gasteiger partial charge on any atom is 0.407 e. The molecule has 0 aliphatic heterocycles. The monoisotopic (exact) mass is 289 g/mol. The van der Waals surface area contributed by atoms with Crippen molar-refractivity contribution in [3.63, 3.8) is 0 Å². The van der Waals surface area contributed by atoms with Gasteiger partial charge in [0.1, 0.15) is 11.4 Å². The van der Waals surface area contributed by atoms with Gasteiger partial charge in [0.05, 0.1) is 6.61 Å². The topological polar surface area (TPSA) is 47.6 Å². The molecular formula is C17H23NO3. The third-order valence-corrected chi connectivity index (χ3v) is 2.38. The van der Waals surface area contributed by atoms with E-state index in [0.717, 1.165) is 17.7 Å². The Morgan fingerprint density at radius 1 is 1.24 bits per heavy atom. The van der Waals surface area contributed by atoms with E-state index in [-0.39, 0.29) is 0 Å². The number of carbonyl (C=O) groups excluding carboxylic acids is 1. The first kappa shape index (κ1) is 16.9. The van der Waals surface area contributed by atoms with E-state index in [2.05, 4.69) is 17.2 Å². The van der Waals surface area contributed by atoms with Gasteiger partial charge < -0.3 is 14.8 Å². The van der Waals surface area contributed by atoms with Crippen LogP contribution in [0.3, 0.4) is 0 Å². The molecule has 0 saturated carbocycles. The highest BCUT2D eigenvalue weighted by Gasteiger charge is 2.15. The average Bonchev–Trinajstić information content (AvgIpc) is 2.38. The van der Waals surface area contributed by atoms with Crippen LogP contribution in [-0.4, -0.2) is 24.8 Å². The lowest BCUT2D eigenvalue weighted by atomic mass is 10.2. The van der Waals surface area contributed by atoms with E-state index in [1.165, 1.54) is 0 Å². The van der Waals surface area contributed by atoms with Gasteiger partial charge in [-0.3, -0.25) is 0 Å². The van der Waals surface area contributed by atoms with E-state index < -0.39 is 11.7 Å². The van der Waals surface area contributed by atoms with Crippen LogP contribution in [0.4, 0.5) is 4.79 Å². The van der Waals surface area contributed by atoms with Gasteiger partial charge in [-0.1, -0.05) is 5.92 Å². The van der Waals surface area contributed by atoms with E-state index in [4.69, 9.17) is 9.47 Å². The molecule has 0 unspecified atom stereocenters. The molecule has 0 bridgehead atoms. The van der Waals surface area contributed by atoms with Crippen LogP contribution in [0.5, 0.6) is 5.75 Å². The predicted molar refractivity (Wildman–Crippen MR) is 83.3 cm³/mol. The molecule has 1 aromatic rings. The summed E-state index contributed by atoms with van der Waals surface area (Å²) >= 11 is 0. The highest BCUT2D eigenvalue weighted by molar-refractivity contribution is 5.67. The van der Waals surface area contributed by atoms with Crippen molar-refractivity contribution in [3.8, 4) is 17.6 Å². The summed E-state index contributed by atoms with van der Waals surface area (Å²) in [7, 11) is 0. The Bertz CT molecular complexity index is 504. The fourth-order valence-corrected chi connectivity index (χ4v) is 1.55. The molecule has 0 fully saturated rings. The highest BCUT2D eigenvalue weighted by atomic mass is 16.6. The maximum atomic E-state index is 11.4. The van der Waals surface area contributed by atoms with Crippen molar-refractivity contribution in [2.45, 2.75) is 39.7 Å². The van der Waals surface area contributed by atoms with E-state index in [1.54, 1.807) is 0 Å². The summed E-state index contributed by atoms with van der Waals surface area (Å²) in [6.45, 7) is 8.37. The minimum absolute atomic E-state index is 0.398. The van der Waals surface area contributed by atoms with Gasteiger partial charge in [0.15, 0.2) is 0 Å². The van der Waals surface area contributed by atoms with Crippen LogP contribution in [0.1, 0.15) is 39.7 Å². The Morgan fingerprint density at radius 3 is 2.48 bits per heavy atom. The number of rotatable bonds is 5. The predicted octanol–water partition coefficient (Wildman–Crippen LogP) is 3.35. The first-order chi connectivity index (χ1) is 9.90. The molecule has 0 aromatic heterocycles. The van der Waals surface area contributed by atoms with E-state index in [0.29, 0.717) is 13.2 Å². The number of ether oxygens (including phenoxy) is 2. The number of amides is 1. The third-order valence-electron chi connectivity index (χ3n) is 2.38. The molecule has 0 saturated heterocycles. The molecule has 0 spiro atoms. The van der Waals surface area contributed by atoms with Gasteiger partial charge in [-0.2, -0.15) is 0 Å². The Morgan fingerprint density at radius 2 is 1.90 bits per heavy atom. The highest BCUT2D eigenvalue weighted by Crippen LogP contribution is 2.11. The zero-order chi connectivity index (χ0) is 15.7. The molecule has 0 heterocycles. The fraction of sp³-hybridized carbons (Fsp3) is 0.471. The average molecular weight is 289 g/mol. The number of benzene rings is 1. The lowest BCUT2D eigenvalue weighted by Gasteiger charge is -2.19. The molecule has 114 valence electrons. The molecule has 1 aromatic carbocycles. The van der Waals surface area contributed by atoms with Gasteiger partial charge in [0.2, 0.25) is 0 Å². The number of nitrogens with one attached hydrogen (secondary N) is 1. The molecule has 21 heavy (non-hydrogen) atoms. The second kappa shape index (κ2) is 8.21. The molecule has 4 nitrogen and oxygen atoms in total. The fourth-order valence-electron chi connectivity index (χ4n) is 1.55. The number of hydrogen-bond donors (Lipinski definition) is 1. The largest absolute Gasteiger partial charge is 0.494 e. The van der Waals surface area contributed by atoms with Crippen LogP contribution in [0.25, 0.3) is 0 Å². The summed E-state index contributed by atoms with van der Waals surface area (Å²) in [4.78, 5) is 11.4. The summed E-state index contributed by atoms with van der Waals surface area (Å²) in [5.41, 5.74) is 0.500. The van der Waals surface area contributed by atoms with Crippen molar-refractivity contribution in [1.82, 2.24) is 5.32 Å². The minimum atomic E-state index is -0.469. The zero-order valence-electron chi connectivity index (χ0n) is 13.2. The second-order valence-corrected chi connectivity index (χ2v) is 5.53. The van der Waals surface area contributed by atoms with Crippen molar-refractivity contribution >= 4 is 6.09 Å². The molecule has 0 radical (unpaired) electrons. The summed E-state index contributed by atoms with van der Waals surface area (Å²) in [5, 5.41) is 2.69. The minimum Gasteiger partial charge on any atom is -0.494 e. The van der Waals surface area contributed by atoms with Crippen molar-refractivity contribution in [2.75, 3.05) is 13.2 Å². The molecule has 1 amide bonds. The van der Waals surface area contributed by atoms with Crippen LogP contribution < -0.4 is 10.1 Å². The van der Waals surface area contributed by atoms with E-state index in [1.807, 2.05) is 52.0 Å². The Kier molecular flexibility index (Phi) is 6.61. The van der Waals surface area contributed by atoms with Gasteiger partial charge >= 0.3 is 6.09 Å². The molecule has 4 heteroatoms. The smallest absolute Gasteiger partial charge is 0.407 e. The summed E-state index contributed by atoms with van der Waals surface area (Å²) in [5.74, 6) is 6.62. The zero-order valence-corrected chi connectivity index (χ0v) is 13.2. The second-order valence-electron chi connectivity index (χ2n) is 5.53. The normalized spacial score (nSPS) is 10.3. The van der Waals surface area contributed by atoms with Crippen LogP contribution in [0.2, 0.25) is 0 Å². The van der Waals surface area contributed by atoms with Gasteiger partial charge in [0.25, 0.3) is 0 Å². The summed E-state index contributed by atoms with van der Waals surface area (Å²) in [6.07, 6.45) is 0.320. The number of hydrogen-bond acceptors (Lipinski definition) is 3. The Labute approximate surface area is 126 Å². The van der Waals surface area contributed by atoms with Gasteiger partial charge in [-0.15, -0.1) is 5.92 Å². The molecule has 0 atom stereocenters. The quantitative estimate of drug-likeness (QED) is 0.668. The van der Waals surface area contributed by atoms with Crippen molar-refractivity contribution in [3.05, 3.63) is 29.8 Å². The summed E-state index contributed by atoms with van der Waals surface area (Å²) in [6, 6.07) is 7.62. The molecule has 0 aliphatic carbocycles. The molecule has 0 aliphatic rings. The lowest BCUT2D eigenvalue weighted by molar-refractivity contribution is 0.0525. The lowest BCUT2D eigenvalue weighted by Crippen LogP contribution is -2.33. The molecule has 1 rings (SSSR count). The van der Waals surface area contributed by atoms with Crippen molar-refractivity contribution in [2.24, 2.45) is 0 Å².